The van der Waals surface area contributed by atoms with Gasteiger partial charge in [0.1, 0.15) is 5.65 Å². The Balaban J connectivity index is 1.10. The van der Waals surface area contributed by atoms with Crippen molar-refractivity contribution in [2.24, 2.45) is 11.3 Å². The van der Waals surface area contributed by atoms with Crippen LogP contribution in [0.25, 0.3) is 21.9 Å². The Kier molecular flexibility index (Phi) is 5.94. The number of hydrogen-bond donors (Lipinski definition) is 1. The molecular formula is C28H34N8O2S. The molecule has 2 saturated heterocycles. The Hall–Kier alpha value is -3.34. The highest BCUT2D eigenvalue weighted by atomic mass is 32.2. The molecule has 0 bridgehead atoms. The van der Waals surface area contributed by atoms with Crippen molar-refractivity contribution in [3.05, 3.63) is 36.8 Å². The van der Waals surface area contributed by atoms with Crippen molar-refractivity contribution in [2.75, 3.05) is 34.8 Å². The summed E-state index contributed by atoms with van der Waals surface area (Å²) < 4.78 is 26.4. The van der Waals surface area contributed by atoms with Gasteiger partial charge in [-0.1, -0.05) is 6.92 Å². The SMILES string of the molecule is CC1CCC(n2c3cnccc3c3cnc(Nc4ccc(N5CCC6(CC5)CCS(=O)(=O)C6)nn4)nc32)CC1. The van der Waals surface area contributed by atoms with Crippen LogP contribution in [0.5, 0.6) is 0 Å². The van der Waals surface area contributed by atoms with Crippen LogP contribution in [0, 0.1) is 11.3 Å². The summed E-state index contributed by atoms with van der Waals surface area (Å²) in [6.07, 6.45) is 12.9. The number of nitrogens with one attached hydrogen (secondary N) is 1. The second kappa shape index (κ2) is 9.39. The molecule has 7 rings (SSSR count). The van der Waals surface area contributed by atoms with Crippen LogP contribution in [0.4, 0.5) is 17.6 Å². The first kappa shape index (κ1) is 24.7. The molecule has 6 heterocycles. The minimum absolute atomic E-state index is 0.0470. The number of anilines is 3. The Morgan fingerprint density at radius 1 is 0.974 bits per heavy atom. The quantitative estimate of drug-likeness (QED) is 0.389. The van der Waals surface area contributed by atoms with Crippen molar-refractivity contribution in [1.29, 1.82) is 0 Å². The van der Waals surface area contributed by atoms with Gasteiger partial charge < -0.3 is 14.8 Å². The van der Waals surface area contributed by atoms with E-state index in [1.165, 1.54) is 12.8 Å². The van der Waals surface area contributed by atoms with Gasteiger partial charge in [-0.2, -0.15) is 4.98 Å². The number of sulfone groups is 1. The molecule has 0 amide bonds. The van der Waals surface area contributed by atoms with Gasteiger partial charge in [0.2, 0.25) is 5.95 Å². The fraction of sp³-hybridized carbons (Fsp3) is 0.536. The first-order valence-electron chi connectivity index (χ1n) is 14.0. The van der Waals surface area contributed by atoms with Crippen molar-refractivity contribution in [1.82, 2.24) is 29.7 Å². The second-order valence-electron chi connectivity index (χ2n) is 11.8. The van der Waals surface area contributed by atoms with Crippen molar-refractivity contribution >= 4 is 49.4 Å². The zero-order valence-electron chi connectivity index (χ0n) is 22.3. The van der Waals surface area contributed by atoms with Gasteiger partial charge >= 0.3 is 0 Å². The summed E-state index contributed by atoms with van der Waals surface area (Å²) in [5, 5.41) is 14.3. The van der Waals surface area contributed by atoms with Gasteiger partial charge in [-0.25, -0.2) is 13.4 Å². The summed E-state index contributed by atoms with van der Waals surface area (Å²) >= 11 is 0. The van der Waals surface area contributed by atoms with Gasteiger partial charge in [-0.05, 0) is 74.5 Å². The lowest BCUT2D eigenvalue weighted by atomic mass is 9.78. The molecule has 0 radical (unpaired) electrons. The third-order valence-corrected chi connectivity index (χ3v) is 11.1. The molecule has 0 aromatic carbocycles. The summed E-state index contributed by atoms with van der Waals surface area (Å²) in [6.45, 7) is 3.94. The third kappa shape index (κ3) is 4.60. The van der Waals surface area contributed by atoms with Crippen LogP contribution in [0.1, 0.15) is 57.9 Å². The van der Waals surface area contributed by atoms with Gasteiger partial charge in [-0.3, -0.25) is 4.98 Å². The maximum atomic E-state index is 12.0. The van der Waals surface area contributed by atoms with Crippen LogP contribution in [-0.4, -0.2) is 62.7 Å². The normalized spacial score (nSPS) is 24.5. The standard InChI is InChI=1S/C28H34N8O2S/c1-19-2-4-20(5-3-19)36-23-17-29-12-8-21(23)22-16-30-27(32-26(22)36)31-24-6-7-25(34-33-24)35-13-9-28(10-14-35)11-15-39(37,38)18-28/h6-8,12,16-17,19-20H,2-5,9-11,13-15,18H2,1H3,(H,30,31,32,33). The van der Waals surface area contributed by atoms with Crippen molar-refractivity contribution in [2.45, 2.75) is 57.9 Å². The lowest BCUT2D eigenvalue weighted by Crippen LogP contribution is -2.41. The second-order valence-corrected chi connectivity index (χ2v) is 14.0. The molecule has 1 saturated carbocycles. The monoisotopic (exact) mass is 546 g/mol. The molecular weight excluding hydrogens is 512 g/mol. The van der Waals surface area contributed by atoms with Crippen LogP contribution in [0.15, 0.2) is 36.8 Å². The minimum Gasteiger partial charge on any atom is -0.355 e. The lowest BCUT2D eigenvalue weighted by Gasteiger charge is -2.38. The predicted molar refractivity (Wildman–Crippen MR) is 152 cm³/mol. The van der Waals surface area contributed by atoms with E-state index in [1.807, 2.05) is 36.8 Å². The fourth-order valence-corrected chi connectivity index (χ4v) is 9.11. The zero-order chi connectivity index (χ0) is 26.6. The van der Waals surface area contributed by atoms with Gasteiger partial charge in [0.25, 0.3) is 0 Å². The molecule has 39 heavy (non-hydrogen) atoms. The molecule has 0 unspecified atom stereocenters. The van der Waals surface area contributed by atoms with E-state index in [0.29, 0.717) is 29.3 Å². The van der Waals surface area contributed by atoms with Crippen LogP contribution < -0.4 is 10.2 Å². The number of hydrogen-bond acceptors (Lipinski definition) is 9. The van der Waals surface area contributed by atoms with E-state index in [1.54, 1.807) is 0 Å². The zero-order valence-corrected chi connectivity index (χ0v) is 23.1. The number of rotatable bonds is 4. The van der Waals surface area contributed by atoms with Crippen LogP contribution >= 0.6 is 0 Å². The van der Waals surface area contributed by atoms with Gasteiger partial charge in [-0.15, -0.1) is 10.2 Å². The molecule has 1 aliphatic carbocycles. The number of fused-ring (bicyclic) bond motifs is 3. The first-order valence-corrected chi connectivity index (χ1v) is 15.9. The molecule has 11 heteroatoms. The van der Waals surface area contributed by atoms with Crippen LogP contribution in [0.2, 0.25) is 0 Å². The highest BCUT2D eigenvalue weighted by molar-refractivity contribution is 7.91. The summed E-state index contributed by atoms with van der Waals surface area (Å²) in [6, 6.07) is 6.32. The maximum absolute atomic E-state index is 12.0. The Labute approximate surface area is 228 Å². The van der Waals surface area contributed by atoms with Crippen molar-refractivity contribution in [3.63, 3.8) is 0 Å². The fourth-order valence-electron chi connectivity index (χ4n) is 6.86. The highest BCUT2D eigenvalue weighted by Crippen LogP contribution is 2.42. The molecule has 4 aromatic heterocycles. The smallest absolute Gasteiger partial charge is 0.230 e. The number of pyridine rings is 1. The predicted octanol–water partition coefficient (Wildman–Crippen LogP) is 4.67. The maximum Gasteiger partial charge on any atom is 0.230 e. The highest BCUT2D eigenvalue weighted by Gasteiger charge is 2.44. The van der Waals surface area contributed by atoms with Gasteiger partial charge in [0.05, 0.1) is 23.2 Å². The first-order chi connectivity index (χ1) is 18.9. The van der Waals surface area contributed by atoms with E-state index < -0.39 is 9.84 Å². The molecule has 1 spiro atoms. The van der Waals surface area contributed by atoms with Crippen molar-refractivity contribution in [3.8, 4) is 0 Å². The molecule has 1 N–H and O–H groups in total. The van der Waals surface area contributed by atoms with Crippen molar-refractivity contribution < 1.29 is 8.42 Å². The van der Waals surface area contributed by atoms with E-state index in [-0.39, 0.29) is 5.41 Å². The Morgan fingerprint density at radius 3 is 2.51 bits per heavy atom. The minimum atomic E-state index is -2.88. The van der Waals surface area contributed by atoms with E-state index in [0.717, 1.165) is 78.9 Å². The van der Waals surface area contributed by atoms with E-state index in [4.69, 9.17) is 4.98 Å². The molecule has 204 valence electrons. The summed E-state index contributed by atoms with van der Waals surface area (Å²) in [5.74, 6) is 3.33. The summed E-state index contributed by atoms with van der Waals surface area (Å²) in [7, 11) is -2.88. The largest absolute Gasteiger partial charge is 0.355 e. The van der Waals surface area contributed by atoms with Gasteiger partial charge in [0.15, 0.2) is 21.5 Å². The van der Waals surface area contributed by atoms with Crippen LogP contribution in [-0.2, 0) is 9.84 Å². The number of piperidine rings is 1. The van der Waals surface area contributed by atoms with E-state index >= 15 is 0 Å². The van der Waals surface area contributed by atoms with Crippen LogP contribution in [0.3, 0.4) is 0 Å². The molecule has 2 aliphatic heterocycles. The van der Waals surface area contributed by atoms with Gasteiger partial charge in [0, 0.05) is 42.3 Å². The molecule has 0 atom stereocenters. The third-order valence-electron chi connectivity index (χ3n) is 9.21. The molecule has 4 aromatic rings. The average Bonchev–Trinajstić information content (AvgIpc) is 3.43. The summed E-state index contributed by atoms with van der Waals surface area (Å²) in [5.41, 5.74) is 1.99. The number of nitrogens with zero attached hydrogens (tertiary/aromatic N) is 7. The molecule has 3 fully saturated rings. The lowest BCUT2D eigenvalue weighted by molar-refractivity contribution is 0.256. The average molecular weight is 547 g/mol. The topological polar surface area (TPSA) is 119 Å². The molecule has 10 nitrogen and oxygen atoms in total. The Morgan fingerprint density at radius 2 is 1.79 bits per heavy atom. The number of aromatic nitrogens is 6. The summed E-state index contributed by atoms with van der Waals surface area (Å²) in [4.78, 5) is 16.2. The van der Waals surface area contributed by atoms with E-state index in [2.05, 4.69) is 41.9 Å². The van der Waals surface area contributed by atoms with E-state index in [9.17, 15) is 8.42 Å². The molecule has 3 aliphatic rings. The Bertz CT molecular complexity index is 1620.